The van der Waals surface area contributed by atoms with Crippen molar-refractivity contribution < 1.29 is 0 Å². The van der Waals surface area contributed by atoms with Crippen molar-refractivity contribution >= 4 is 17.4 Å². The summed E-state index contributed by atoms with van der Waals surface area (Å²) in [7, 11) is 3.91. The van der Waals surface area contributed by atoms with Crippen LogP contribution in [0, 0.1) is 0 Å². The predicted octanol–water partition coefficient (Wildman–Crippen LogP) is 1.30. The SMILES string of the molecule is CNC1(NC)CSc2ccccc2N1. The first-order chi connectivity index (χ1) is 6.79. The van der Waals surface area contributed by atoms with Crippen molar-refractivity contribution in [2.75, 3.05) is 25.2 Å². The molecule has 0 aliphatic carbocycles. The van der Waals surface area contributed by atoms with Crippen LogP contribution in [0.4, 0.5) is 5.69 Å². The number of nitrogens with one attached hydrogen (secondary N) is 3. The lowest BCUT2D eigenvalue weighted by Crippen LogP contribution is -2.63. The van der Waals surface area contributed by atoms with Crippen molar-refractivity contribution in [3.05, 3.63) is 24.3 Å². The molecule has 0 radical (unpaired) electrons. The molecule has 4 heteroatoms. The van der Waals surface area contributed by atoms with Crippen LogP contribution in [0.5, 0.6) is 0 Å². The zero-order valence-electron chi connectivity index (χ0n) is 8.42. The summed E-state index contributed by atoms with van der Waals surface area (Å²) in [5, 5.41) is 10.00. The van der Waals surface area contributed by atoms with E-state index < -0.39 is 0 Å². The van der Waals surface area contributed by atoms with E-state index in [9.17, 15) is 0 Å². The fraction of sp³-hybridized carbons (Fsp3) is 0.400. The van der Waals surface area contributed by atoms with Gasteiger partial charge in [-0.1, -0.05) is 12.1 Å². The van der Waals surface area contributed by atoms with E-state index in [1.807, 2.05) is 31.9 Å². The van der Waals surface area contributed by atoms with E-state index in [-0.39, 0.29) is 5.79 Å². The second kappa shape index (κ2) is 3.81. The molecule has 76 valence electrons. The average Bonchev–Trinajstić information content (AvgIpc) is 2.28. The highest BCUT2D eigenvalue weighted by Crippen LogP contribution is 2.34. The molecule has 1 heterocycles. The molecule has 3 N–H and O–H groups in total. The molecule has 1 aromatic carbocycles. The van der Waals surface area contributed by atoms with Crippen LogP contribution >= 0.6 is 11.8 Å². The number of thioether (sulfide) groups is 1. The third-order valence-electron chi connectivity index (χ3n) is 2.53. The smallest absolute Gasteiger partial charge is 0.153 e. The quantitative estimate of drug-likeness (QED) is 0.642. The van der Waals surface area contributed by atoms with E-state index in [2.05, 4.69) is 34.1 Å². The van der Waals surface area contributed by atoms with Crippen molar-refractivity contribution in [2.24, 2.45) is 0 Å². The van der Waals surface area contributed by atoms with Gasteiger partial charge >= 0.3 is 0 Å². The normalized spacial score (nSPS) is 18.4. The summed E-state index contributed by atoms with van der Waals surface area (Å²) >= 11 is 1.86. The third kappa shape index (κ3) is 1.61. The van der Waals surface area contributed by atoms with Crippen LogP contribution in [0.25, 0.3) is 0 Å². The van der Waals surface area contributed by atoms with Gasteiger partial charge < -0.3 is 5.32 Å². The molecule has 1 aliphatic rings. The number of para-hydroxylation sites is 1. The molecule has 2 rings (SSSR count). The van der Waals surface area contributed by atoms with Gasteiger partial charge in [0.05, 0.1) is 5.69 Å². The van der Waals surface area contributed by atoms with Gasteiger partial charge in [-0.15, -0.1) is 11.8 Å². The Morgan fingerprint density at radius 3 is 2.71 bits per heavy atom. The fourth-order valence-electron chi connectivity index (χ4n) is 1.54. The minimum atomic E-state index is -0.182. The van der Waals surface area contributed by atoms with Gasteiger partial charge in [-0.25, -0.2) is 0 Å². The standard InChI is InChI=1S/C10H15N3S/c1-11-10(12-2)7-14-9-6-4-3-5-8(9)13-10/h3-6,11-13H,7H2,1-2H3. The zero-order chi connectivity index (χ0) is 10.0. The molecule has 0 amide bonds. The minimum absolute atomic E-state index is 0.182. The van der Waals surface area contributed by atoms with Crippen molar-refractivity contribution in [1.82, 2.24) is 10.6 Å². The maximum atomic E-state index is 3.47. The Kier molecular flexibility index (Phi) is 2.67. The molecule has 0 fully saturated rings. The average molecular weight is 209 g/mol. The van der Waals surface area contributed by atoms with Crippen molar-refractivity contribution in [3.63, 3.8) is 0 Å². The first kappa shape index (κ1) is 9.83. The molecule has 0 saturated carbocycles. The Hall–Kier alpha value is -0.710. The lowest BCUT2D eigenvalue weighted by Gasteiger charge is -2.38. The highest BCUT2D eigenvalue weighted by Gasteiger charge is 2.30. The lowest BCUT2D eigenvalue weighted by atomic mass is 10.2. The highest BCUT2D eigenvalue weighted by atomic mass is 32.2. The molecular formula is C10H15N3S. The zero-order valence-corrected chi connectivity index (χ0v) is 9.24. The maximum Gasteiger partial charge on any atom is 0.153 e. The largest absolute Gasteiger partial charge is 0.353 e. The van der Waals surface area contributed by atoms with Crippen molar-refractivity contribution in [2.45, 2.75) is 10.7 Å². The maximum absolute atomic E-state index is 3.47. The van der Waals surface area contributed by atoms with Gasteiger partial charge in [0, 0.05) is 10.6 Å². The van der Waals surface area contributed by atoms with Gasteiger partial charge in [-0.3, -0.25) is 10.6 Å². The number of anilines is 1. The van der Waals surface area contributed by atoms with E-state index in [0.29, 0.717) is 0 Å². The van der Waals surface area contributed by atoms with E-state index in [1.54, 1.807) is 0 Å². The molecule has 1 aromatic rings. The number of benzene rings is 1. The van der Waals surface area contributed by atoms with Gasteiger partial charge in [-0.05, 0) is 26.2 Å². The Morgan fingerprint density at radius 2 is 2.00 bits per heavy atom. The molecular weight excluding hydrogens is 194 g/mol. The van der Waals surface area contributed by atoms with E-state index in [0.717, 1.165) is 5.75 Å². The highest BCUT2D eigenvalue weighted by molar-refractivity contribution is 7.99. The Balaban J connectivity index is 2.28. The van der Waals surface area contributed by atoms with E-state index in [1.165, 1.54) is 10.6 Å². The minimum Gasteiger partial charge on any atom is -0.353 e. The summed E-state index contributed by atoms with van der Waals surface area (Å²) in [5.74, 6) is 0.788. The third-order valence-corrected chi connectivity index (χ3v) is 3.78. The first-order valence-corrected chi connectivity index (χ1v) is 5.66. The molecule has 0 spiro atoms. The Labute approximate surface area is 88.7 Å². The molecule has 0 bridgehead atoms. The van der Waals surface area contributed by atoms with Crippen LogP contribution in [-0.2, 0) is 0 Å². The summed E-state index contributed by atoms with van der Waals surface area (Å²) in [6.07, 6.45) is 0. The first-order valence-electron chi connectivity index (χ1n) is 4.67. The monoisotopic (exact) mass is 209 g/mol. The summed E-state index contributed by atoms with van der Waals surface area (Å²) in [5.41, 5.74) is 1.19. The summed E-state index contributed by atoms with van der Waals surface area (Å²) < 4.78 is 0. The van der Waals surface area contributed by atoms with Gasteiger partial charge in [0.15, 0.2) is 5.79 Å². The van der Waals surface area contributed by atoms with E-state index >= 15 is 0 Å². The van der Waals surface area contributed by atoms with E-state index in [4.69, 9.17) is 0 Å². The van der Waals surface area contributed by atoms with Crippen LogP contribution in [0.1, 0.15) is 0 Å². The Morgan fingerprint density at radius 1 is 1.29 bits per heavy atom. The summed E-state index contributed by atoms with van der Waals surface area (Å²) in [4.78, 5) is 1.31. The molecule has 0 atom stereocenters. The molecule has 14 heavy (non-hydrogen) atoms. The topological polar surface area (TPSA) is 36.1 Å². The predicted molar refractivity (Wildman–Crippen MR) is 61.6 cm³/mol. The number of rotatable bonds is 2. The number of hydrogen-bond donors (Lipinski definition) is 3. The second-order valence-corrected chi connectivity index (χ2v) is 4.33. The van der Waals surface area contributed by atoms with Crippen LogP contribution in [0.15, 0.2) is 29.2 Å². The molecule has 0 unspecified atom stereocenters. The van der Waals surface area contributed by atoms with Crippen LogP contribution in [0.2, 0.25) is 0 Å². The van der Waals surface area contributed by atoms with Gasteiger partial charge in [-0.2, -0.15) is 0 Å². The molecule has 3 nitrogen and oxygen atoms in total. The van der Waals surface area contributed by atoms with Gasteiger partial charge in [0.2, 0.25) is 0 Å². The van der Waals surface area contributed by atoms with Gasteiger partial charge in [0.1, 0.15) is 0 Å². The second-order valence-electron chi connectivity index (χ2n) is 3.32. The summed E-state index contributed by atoms with van der Waals surface area (Å²) in [6.45, 7) is 0. The molecule has 0 aromatic heterocycles. The number of hydrogen-bond acceptors (Lipinski definition) is 4. The van der Waals surface area contributed by atoms with Crippen molar-refractivity contribution in [1.29, 1.82) is 0 Å². The Bertz CT molecular complexity index is 323. The summed E-state index contributed by atoms with van der Waals surface area (Å²) in [6, 6.07) is 8.36. The molecule has 0 saturated heterocycles. The van der Waals surface area contributed by atoms with Crippen molar-refractivity contribution in [3.8, 4) is 0 Å². The van der Waals surface area contributed by atoms with Gasteiger partial charge in [0.25, 0.3) is 0 Å². The fourth-order valence-corrected chi connectivity index (χ4v) is 2.72. The molecule has 1 aliphatic heterocycles. The lowest BCUT2D eigenvalue weighted by molar-refractivity contribution is 0.381. The number of fused-ring (bicyclic) bond motifs is 1. The van der Waals surface area contributed by atoms with Crippen LogP contribution in [0.3, 0.4) is 0 Å². The van der Waals surface area contributed by atoms with Crippen LogP contribution < -0.4 is 16.0 Å². The van der Waals surface area contributed by atoms with Crippen LogP contribution in [-0.4, -0.2) is 25.6 Å².